The zero-order valence-corrected chi connectivity index (χ0v) is 16.5. The van der Waals surface area contributed by atoms with Crippen molar-refractivity contribution in [3.8, 4) is 11.4 Å². The highest BCUT2D eigenvalue weighted by atomic mass is 32.2. The highest BCUT2D eigenvalue weighted by molar-refractivity contribution is 7.99. The van der Waals surface area contributed by atoms with Crippen LogP contribution in [-0.4, -0.2) is 51.5 Å². The van der Waals surface area contributed by atoms with Gasteiger partial charge < -0.3 is 9.64 Å². The molecule has 0 aliphatic heterocycles. The Morgan fingerprint density at radius 1 is 1.23 bits per heavy atom. The van der Waals surface area contributed by atoms with Gasteiger partial charge in [-0.05, 0) is 44.0 Å². The zero-order valence-electron chi connectivity index (χ0n) is 15.6. The molecule has 6 nitrogen and oxygen atoms in total. The first-order valence-electron chi connectivity index (χ1n) is 9.05. The van der Waals surface area contributed by atoms with Gasteiger partial charge in [0.15, 0.2) is 5.16 Å². The molecule has 2 aromatic rings. The van der Waals surface area contributed by atoms with E-state index < -0.39 is 0 Å². The van der Waals surface area contributed by atoms with Crippen LogP contribution in [0.4, 0.5) is 0 Å². The SMILES string of the molecule is COc1ccc(-n2c(C)nnc2SCC(=O)N(C)C2CCCCC2)cc1. The number of amides is 1. The lowest BCUT2D eigenvalue weighted by Crippen LogP contribution is -2.39. The second-order valence-corrected chi connectivity index (χ2v) is 7.59. The predicted octanol–water partition coefficient (Wildman–Crippen LogP) is 3.47. The number of hydrogen-bond donors (Lipinski definition) is 0. The summed E-state index contributed by atoms with van der Waals surface area (Å²) >= 11 is 1.44. The number of carbonyl (C=O) groups excluding carboxylic acids is 1. The summed E-state index contributed by atoms with van der Waals surface area (Å²) in [5, 5.41) is 9.17. The van der Waals surface area contributed by atoms with E-state index >= 15 is 0 Å². The summed E-state index contributed by atoms with van der Waals surface area (Å²) in [5.41, 5.74) is 0.962. The third-order valence-corrected chi connectivity index (χ3v) is 5.88. The summed E-state index contributed by atoms with van der Waals surface area (Å²) < 4.78 is 7.18. The van der Waals surface area contributed by atoms with Crippen LogP contribution in [0.5, 0.6) is 5.75 Å². The van der Waals surface area contributed by atoms with Crippen molar-refractivity contribution in [2.24, 2.45) is 0 Å². The Morgan fingerprint density at radius 3 is 2.58 bits per heavy atom. The Hall–Kier alpha value is -2.02. The maximum Gasteiger partial charge on any atom is 0.233 e. The highest BCUT2D eigenvalue weighted by Gasteiger charge is 2.23. The lowest BCUT2D eigenvalue weighted by Gasteiger charge is -2.31. The molecule has 1 heterocycles. The predicted molar refractivity (Wildman–Crippen MR) is 103 cm³/mol. The van der Waals surface area contributed by atoms with Crippen molar-refractivity contribution in [3.05, 3.63) is 30.1 Å². The topological polar surface area (TPSA) is 60.2 Å². The molecule has 1 aromatic carbocycles. The van der Waals surface area contributed by atoms with Crippen LogP contribution in [-0.2, 0) is 4.79 Å². The van der Waals surface area contributed by atoms with E-state index in [0.717, 1.165) is 35.3 Å². The average Bonchev–Trinajstić information content (AvgIpc) is 3.06. The first-order valence-corrected chi connectivity index (χ1v) is 10.0. The quantitative estimate of drug-likeness (QED) is 0.725. The first-order chi connectivity index (χ1) is 12.6. The number of aromatic nitrogens is 3. The van der Waals surface area contributed by atoms with Gasteiger partial charge in [0.05, 0.1) is 12.9 Å². The fourth-order valence-electron chi connectivity index (χ4n) is 3.37. The normalized spacial score (nSPS) is 15.0. The van der Waals surface area contributed by atoms with Crippen LogP contribution in [0.15, 0.2) is 29.4 Å². The number of methoxy groups -OCH3 is 1. The minimum Gasteiger partial charge on any atom is -0.497 e. The van der Waals surface area contributed by atoms with E-state index in [9.17, 15) is 4.79 Å². The molecular formula is C19H26N4O2S. The minimum atomic E-state index is 0.156. The molecule has 1 amide bonds. The molecule has 0 unspecified atom stereocenters. The van der Waals surface area contributed by atoms with E-state index in [1.54, 1.807) is 7.11 Å². The molecule has 0 N–H and O–H groups in total. The van der Waals surface area contributed by atoms with Crippen molar-refractivity contribution in [1.29, 1.82) is 0 Å². The number of carbonyl (C=O) groups is 1. The fourth-order valence-corrected chi connectivity index (χ4v) is 4.29. The van der Waals surface area contributed by atoms with Crippen LogP contribution in [0.2, 0.25) is 0 Å². The van der Waals surface area contributed by atoms with Crippen molar-refractivity contribution in [1.82, 2.24) is 19.7 Å². The number of rotatable bonds is 6. The van der Waals surface area contributed by atoms with Gasteiger partial charge in [-0.3, -0.25) is 9.36 Å². The largest absolute Gasteiger partial charge is 0.497 e. The summed E-state index contributed by atoms with van der Waals surface area (Å²) in [4.78, 5) is 14.5. The van der Waals surface area contributed by atoms with E-state index in [1.165, 1.54) is 31.0 Å². The van der Waals surface area contributed by atoms with E-state index in [0.29, 0.717) is 11.8 Å². The Balaban J connectivity index is 1.67. The molecule has 0 saturated heterocycles. The maximum absolute atomic E-state index is 12.6. The maximum atomic E-state index is 12.6. The molecule has 1 fully saturated rings. The number of ether oxygens (including phenoxy) is 1. The van der Waals surface area contributed by atoms with Gasteiger partial charge in [0, 0.05) is 18.8 Å². The minimum absolute atomic E-state index is 0.156. The van der Waals surface area contributed by atoms with Gasteiger partial charge in [-0.1, -0.05) is 31.0 Å². The lowest BCUT2D eigenvalue weighted by atomic mass is 9.94. The van der Waals surface area contributed by atoms with Gasteiger partial charge in [0.25, 0.3) is 0 Å². The molecule has 1 aliphatic carbocycles. The van der Waals surface area contributed by atoms with Crippen LogP contribution in [0, 0.1) is 6.92 Å². The number of nitrogens with zero attached hydrogens (tertiary/aromatic N) is 4. The van der Waals surface area contributed by atoms with Crippen LogP contribution in [0.25, 0.3) is 5.69 Å². The number of thioether (sulfide) groups is 1. The summed E-state index contributed by atoms with van der Waals surface area (Å²) in [6, 6.07) is 8.14. The molecule has 0 radical (unpaired) electrons. The summed E-state index contributed by atoms with van der Waals surface area (Å²) in [7, 11) is 3.58. The Bertz CT molecular complexity index is 738. The van der Waals surface area contributed by atoms with E-state index in [-0.39, 0.29) is 5.91 Å². The first kappa shape index (κ1) is 18.8. The van der Waals surface area contributed by atoms with E-state index in [1.807, 2.05) is 47.7 Å². The molecule has 0 spiro atoms. The molecule has 26 heavy (non-hydrogen) atoms. The van der Waals surface area contributed by atoms with Crippen molar-refractivity contribution >= 4 is 17.7 Å². The van der Waals surface area contributed by atoms with Gasteiger partial charge >= 0.3 is 0 Å². The summed E-state index contributed by atoms with van der Waals surface area (Å²) in [6.07, 6.45) is 5.97. The number of aryl methyl sites for hydroxylation is 1. The average molecular weight is 375 g/mol. The van der Waals surface area contributed by atoms with Crippen LogP contribution < -0.4 is 4.74 Å². The molecule has 0 atom stereocenters. The fraction of sp³-hybridized carbons (Fsp3) is 0.526. The van der Waals surface area contributed by atoms with Crippen molar-refractivity contribution < 1.29 is 9.53 Å². The summed E-state index contributed by atoms with van der Waals surface area (Å²) in [5.74, 6) is 2.13. The van der Waals surface area contributed by atoms with Crippen molar-refractivity contribution in [2.45, 2.75) is 50.2 Å². The standard InChI is InChI=1S/C19H26N4O2S/c1-14-20-21-19(23(14)16-9-11-17(25-3)12-10-16)26-13-18(24)22(2)15-7-5-4-6-8-15/h9-12,15H,4-8,13H2,1-3H3. The summed E-state index contributed by atoms with van der Waals surface area (Å²) in [6.45, 7) is 1.91. The lowest BCUT2D eigenvalue weighted by molar-refractivity contribution is -0.129. The number of benzene rings is 1. The smallest absolute Gasteiger partial charge is 0.233 e. The number of hydrogen-bond acceptors (Lipinski definition) is 5. The van der Waals surface area contributed by atoms with Gasteiger partial charge in [0.1, 0.15) is 11.6 Å². The van der Waals surface area contributed by atoms with Crippen LogP contribution in [0.3, 0.4) is 0 Å². The third-order valence-electron chi connectivity index (χ3n) is 4.97. The molecule has 140 valence electrons. The van der Waals surface area contributed by atoms with E-state index in [2.05, 4.69) is 10.2 Å². The Morgan fingerprint density at radius 2 is 1.92 bits per heavy atom. The Labute approximate surface area is 158 Å². The van der Waals surface area contributed by atoms with Crippen LogP contribution in [0.1, 0.15) is 37.9 Å². The highest BCUT2D eigenvalue weighted by Crippen LogP contribution is 2.25. The van der Waals surface area contributed by atoms with Crippen LogP contribution >= 0.6 is 11.8 Å². The molecule has 0 bridgehead atoms. The Kier molecular flexibility index (Phi) is 6.19. The van der Waals surface area contributed by atoms with Gasteiger partial charge in [-0.25, -0.2) is 0 Å². The third kappa shape index (κ3) is 4.20. The van der Waals surface area contributed by atoms with Gasteiger partial charge in [-0.15, -0.1) is 10.2 Å². The monoisotopic (exact) mass is 374 g/mol. The van der Waals surface area contributed by atoms with E-state index in [4.69, 9.17) is 4.74 Å². The molecular weight excluding hydrogens is 348 g/mol. The van der Waals surface area contributed by atoms with Crippen molar-refractivity contribution in [2.75, 3.05) is 19.9 Å². The zero-order chi connectivity index (χ0) is 18.5. The molecule has 1 aromatic heterocycles. The molecule has 1 aliphatic rings. The van der Waals surface area contributed by atoms with Gasteiger partial charge in [0.2, 0.25) is 5.91 Å². The second kappa shape index (κ2) is 8.58. The molecule has 7 heteroatoms. The molecule has 1 saturated carbocycles. The van der Waals surface area contributed by atoms with Crippen molar-refractivity contribution in [3.63, 3.8) is 0 Å². The molecule has 3 rings (SSSR count). The second-order valence-electron chi connectivity index (χ2n) is 6.65. The van der Waals surface area contributed by atoms with Gasteiger partial charge in [-0.2, -0.15) is 0 Å².